The predicted molar refractivity (Wildman–Crippen MR) is 76.2 cm³/mol. The first-order chi connectivity index (χ1) is 9.75. The Morgan fingerprint density at radius 3 is 2.60 bits per heavy atom. The first-order valence-electron chi connectivity index (χ1n) is 7.50. The molecule has 3 rings (SSSR count). The number of carbonyl (C=O) groups excluding carboxylic acids is 1. The number of amides is 1. The zero-order valence-corrected chi connectivity index (χ0v) is 12.0. The smallest absolute Gasteiger partial charge is 0.239 e. The average molecular weight is 274 g/mol. The van der Waals surface area contributed by atoms with Crippen molar-refractivity contribution in [2.24, 2.45) is 0 Å². The summed E-state index contributed by atoms with van der Waals surface area (Å²) in [6.07, 6.45) is 9.47. The van der Waals surface area contributed by atoms with Crippen LogP contribution in [0.2, 0.25) is 0 Å². The molecule has 20 heavy (non-hydrogen) atoms. The summed E-state index contributed by atoms with van der Waals surface area (Å²) in [6, 6.07) is 0.114. The van der Waals surface area contributed by atoms with Gasteiger partial charge in [0.25, 0.3) is 0 Å². The molecule has 0 N–H and O–H groups in total. The summed E-state index contributed by atoms with van der Waals surface area (Å²) in [5, 5.41) is 0. The van der Waals surface area contributed by atoms with E-state index in [4.69, 9.17) is 0 Å². The largest absolute Gasteiger partial charge is 0.341 e. The van der Waals surface area contributed by atoms with E-state index in [1.807, 2.05) is 11.1 Å². The molecule has 0 aromatic carbocycles. The molecule has 2 aliphatic heterocycles. The van der Waals surface area contributed by atoms with Crippen LogP contribution in [0.4, 0.5) is 0 Å². The van der Waals surface area contributed by atoms with Crippen molar-refractivity contribution in [3.05, 3.63) is 24.3 Å². The van der Waals surface area contributed by atoms with Gasteiger partial charge in [-0.2, -0.15) is 0 Å². The summed E-state index contributed by atoms with van der Waals surface area (Å²) in [5.74, 6) is 0.775. The van der Waals surface area contributed by atoms with Crippen LogP contribution in [-0.2, 0) is 4.79 Å². The van der Waals surface area contributed by atoms with E-state index in [0.29, 0.717) is 11.8 Å². The third kappa shape index (κ3) is 2.68. The number of hydrogen-bond donors (Lipinski definition) is 0. The van der Waals surface area contributed by atoms with Crippen molar-refractivity contribution in [3.8, 4) is 0 Å². The van der Waals surface area contributed by atoms with Crippen molar-refractivity contribution < 1.29 is 4.79 Å². The first-order valence-corrected chi connectivity index (χ1v) is 7.50. The van der Waals surface area contributed by atoms with E-state index >= 15 is 0 Å². The van der Waals surface area contributed by atoms with Gasteiger partial charge in [-0.1, -0.05) is 0 Å². The van der Waals surface area contributed by atoms with Crippen molar-refractivity contribution in [3.63, 3.8) is 0 Å². The Kier molecular flexibility index (Phi) is 3.96. The molecule has 2 fully saturated rings. The standard InChI is InChI=1S/C15H22N4O/c1-18-8-2-3-14(18)15(20)19-9-4-12(5-10-19)13-11-16-6-7-17-13/h6-7,11-12,14H,2-5,8-10H2,1H3/t14-/m1/s1. The molecule has 1 aromatic rings. The van der Waals surface area contributed by atoms with E-state index in [1.54, 1.807) is 12.4 Å². The molecule has 0 aliphatic carbocycles. The normalized spacial score (nSPS) is 25.1. The molecular formula is C15H22N4O. The van der Waals surface area contributed by atoms with E-state index < -0.39 is 0 Å². The van der Waals surface area contributed by atoms with Crippen LogP contribution in [0, 0.1) is 0 Å². The Balaban J connectivity index is 1.57. The minimum absolute atomic E-state index is 0.114. The molecule has 2 saturated heterocycles. The number of nitrogens with zero attached hydrogens (tertiary/aromatic N) is 4. The van der Waals surface area contributed by atoms with Gasteiger partial charge in [0.05, 0.1) is 11.7 Å². The minimum Gasteiger partial charge on any atom is -0.341 e. The molecule has 5 nitrogen and oxygen atoms in total. The molecular weight excluding hydrogens is 252 g/mol. The van der Waals surface area contributed by atoms with Gasteiger partial charge in [-0.25, -0.2) is 0 Å². The Morgan fingerprint density at radius 1 is 1.20 bits per heavy atom. The van der Waals surface area contributed by atoms with Crippen LogP contribution in [0.25, 0.3) is 0 Å². The van der Waals surface area contributed by atoms with E-state index in [1.165, 1.54) is 0 Å². The van der Waals surface area contributed by atoms with Gasteiger partial charge in [0.1, 0.15) is 0 Å². The van der Waals surface area contributed by atoms with Crippen LogP contribution < -0.4 is 0 Å². The molecule has 0 unspecified atom stereocenters. The zero-order chi connectivity index (χ0) is 13.9. The predicted octanol–water partition coefficient (Wildman–Crippen LogP) is 1.28. The number of likely N-dealkylation sites (tertiary alicyclic amines) is 2. The SMILES string of the molecule is CN1CCC[C@@H]1C(=O)N1CCC(c2cnccn2)CC1. The fourth-order valence-corrected chi connectivity index (χ4v) is 3.35. The molecule has 0 radical (unpaired) electrons. The molecule has 3 heterocycles. The fraction of sp³-hybridized carbons (Fsp3) is 0.667. The summed E-state index contributed by atoms with van der Waals surface area (Å²) < 4.78 is 0. The van der Waals surface area contributed by atoms with Gasteiger partial charge in [0.2, 0.25) is 5.91 Å². The first kappa shape index (κ1) is 13.5. The Hall–Kier alpha value is -1.49. The van der Waals surface area contributed by atoms with Crippen molar-refractivity contribution in [2.75, 3.05) is 26.7 Å². The second-order valence-corrected chi connectivity index (χ2v) is 5.87. The van der Waals surface area contributed by atoms with Gasteiger partial charge in [-0.15, -0.1) is 0 Å². The van der Waals surface area contributed by atoms with Crippen molar-refractivity contribution in [1.82, 2.24) is 19.8 Å². The number of piperidine rings is 1. The lowest BCUT2D eigenvalue weighted by atomic mass is 9.93. The van der Waals surface area contributed by atoms with Gasteiger partial charge in [-0.3, -0.25) is 19.7 Å². The van der Waals surface area contributed by atoms with Crippen LogP contribution in [0.5, 0.6) is 0 Å². The minimum atomic E-state index is 0.114. The highest BCUT2D eigenvalue weighted by Gasteiger charge is 2.33. The Bertz CT molecular complexity index is 456. The quantitative estimate of drug-likeness (QED) is 0.815. The number of aromatic nitrogens is 2. The zero-order valence-electron chi connectivity index (χ0n) is 12.0. The van der Waals surface area contributed by atoms with Crippen LogP contribution in [-0.4, -0.2) is 58.4 Å². The lowest BCUT2D eigenvalue weighted by Crippen LogP contribution is -2.47. The topological polar surface area (TPSA) is 49.3 Å². The number of likely N-dealkylation sites (N-methyl/N-ethyl adjacent to an activating group) is 1. The Morgan fingerprint density at radius 2 is 2.00 bits per heavy atom. The Labute approximate surface area is 120 Å². The van der Waals surface area contributed by atoms with Crippen molar-refractivity contribution in [2.45, 2.75) is 37.6 Å². The molecule has 0 bridgehead atoms. The van der Waals surface area contributed by atoms with Gasteiger partial charge in [0.15, 0.2) is 0 Å². The van der Waals surface area contributed by atoms with Crippen LogP contribution >= 0.6 is 0 Å². The van der Waals surface area contributed by atoms with Crippen molar-refractivity contribution in [1.29, 1.82) is 0 Å². The van der Waals surface area contributed by atoms with Crippen LogP contribution in [0.3, 0.4) is 0 Å². The summed E-state index contributed by atoms with van der Waals surface area (Å²) in [6.45, 7) is 2.75. The maximum Gasteiger partial charge on any atom is 0.239 e. The highest BCUT2D eigenvalue weighted by molar-refractivity contribution is 5.82. The summed E-state index contributed by atoms with van der Waals surface area (Å²) in [7, 11) is 2.06. The van der Waals surface area contributed by atoms with Gasteiger partial charge in [-0.05, 0) is 39.3 Å². The summed E-state index contributed by atoms with van der Waals surface area (Å²) in [4.78, 5) is 25.3. The molecule has 2 aliphatic rings. The maximum atomic E-state index is 12.5. The number of hydrogen-bond acceptors (Lipinski definition) is 4. The second kappa shape index (κ2) is 5.87. The summed E-state index contributed by atoms with van der Waals surface area (Å²) in [5.41, 5.74) is 1.07. The molecule has 1 amide bonds. The van der Waals surface area contributed by atoms with E-state index in [9.17, 15) is 4.79 Å². The molecule has 0 saturated carbocycles. The lowest BCUT2D eigenvalue weighted by molar-refractivity contribution is -0.136. The molecule has 1 aromatic heterocycles. The number of rotatable bonds is 2. The monoisotopic (exact) mass is 274 g/mol. The second-order valence-electron chi connectivity index (χ2n) is 5.87. The van der Waals surface area contributed by atoms with Crippen LogP contribution in [0.15, 0.2) is 18.6 Å². The van der Waals surface area contributed by atoms with E-state index in [2.05, 4.69) is 21.9 Å². The van der Waals surface area contributed by atoms with E-state index in [0.717, 1.165) is 51.0 Å². The molecule has 5 heteroatoms. The van der Waals surface area contributed by atoms with Crippen molar-refractivity contribution >= 4 is 5.91 Å². The third-order valence-electron chi connectivity index (χ3n) is 4.61. The van der Waals surface area contributed by atoms with Crippen LogP contribution in [0.1, 0.15) is 37.3 Å². The molecule has 1 atom stereocenters. The van der Waals surface area contributed by atoms with Gasteiger partial charge in [0, 0.05) is 37.6 Å². The van der Waals surface area contributed by atoms with Gasteiger partial charge < -0.3 is 4.90 Å². The van der Waals surface area contributed by atoms with Gasteiger partial charge >= 0.3 is 0 Å². The third-order valence-corrected chi connectivity index (χ3v) is 4.61. The lowest BCUT2D eigenvalue weighted by Gasteiger charge is -2.34. The highest BCUT2D eigenvalue weighted by atomic mass is 16.2. The molecule has 0 spiro atoms. The van der Waals surface area contributed by atoms with E-state index in [-0.39, 0.29) is 6.04 Å². The molecule has 108 valence electrons. The maximum absolute atomic E-state index is 12.5. The fourth-order valence-electron chi connectivity index (χ4n) is 3.35. The number of carbonyl (C=O) groups is 1. The summed E-state index contributed by atoms with van der Waals surface area (Å²) >= 11 is 0. The average Bonchev–Trinajstić information content (AvgIpc) is 2.94. The highest BCUT2D eigenvalue weighted by Crippen LogP contribution is 2.27.